The Balaban J connectivity index is 2.21. The second kappa shape index (κ2) is 8.84. The van der Waals surface area contributed by atoms with Crippen molar-refractivity contribution >= 4 is 46.6 Å². The Bertz CT molecular complexity index is 737. The maximum absolute atomic E-state index is 12.8. The Hall–Kier alpha value is -1.36. The molecule has 3 nitrogen and oxygen atoms in total. The summed E-state index contributed by atoms with van der Waals surface area (Å²) in [5.41, 5.74) is 2.92. The van der Waals surface area contributed by atoms with Crippen LogP contribution in [0, 0.1) is 13.8 Å². The van der Waals surface area contributed by atoms with E-state index in [0.717, 1.165) is 34.6 Å². The Kier molecular flexibility index (Phi) is 7.05. The van der Waals surface area contributed by atoms with Crippen LogP contribution in [0.15, 0.2) is 35.2 Å². The minimum atomic E-state index is -0.277. The summed E-state index contributed by atoms with van der Waals surface area (Å²) in [5, 5.41) is 12.8. The fraction of sp³-hybridized carbons (Fsp3) is 0.316. The van der Waals surface area contributed by atoms with E-state index < -0.39 is 0 Å². The van der Waals surface area contributed by atoms with Crippen molar-refractivity contribution in [2.75, 3.05) is 5.32 Å². The van der Waals surface area contributed by atoms with E-state index in [4.69, 9.17) is 23.2 Å². The van der Waals surface area contributed by atoms with Gasteiger partial charge in [0.15, 0.2) is 5.75 Å². The van der Waals surface area contributed by atoms with Crippen LogP contribution < -0.4 is 5.32 Å². The van der Waals surface area contributed by atoms with Gasteiger partial charge in [0.1, 0.15) is 0 Å². The van der Waals surface area contributed by atoms with E-state index >= 15 is 0 Å². The van der Waals surface area contributed by atoms with E-state index in [0.29, 0.717) is 0 Å². The number of phenolic OH excluding ortho intramolecular Hbond substituents is 1. The number of carbonyl (C=O) groups excluding carboxylic acids is 1. The highest BCUT2D eigenvalue weighted by atomic mass is 35.5. The van der Waals surface area contributed by atoms with Crippen LogP contribution in [-0.2, 0) is 4.79 Å². The smallest absolute Gasteiger partial charge is 0.237 e. The number of benzene rings is 2. The number of phenols is 1. The van der Waals surface area contributed by atoms with Crippen LogP contribution in [0.1, 0.15) is 30.9 Å². The molecule has 0 aliphatic carbocycles. The number of carbonyl (C=O) groups is 1. The molecule has 1 unspecified atom stereocenters. The van der Waals surface area contributed by atoms with E-state index in [1.165, 1.54) is 11.8 Å². The van der Waals surface area contributed by atoms with E-state index in [1.807, 2.05) is 39.0 Å². The van der Waals surface area contributed by atoms with Gasteiger partial charge in [0.05, 0.1) is 15.3 Å². The Labute approximate surface area is 162 Å². The number of aromatic hydroxyl groups is 1. The molecule has 0 fully saturated rings. The first-order chi connectivity index (χ1) is 11.8. The first-order valence-electron chi connectivity index (χ1n) is 8.05. The number of nitrogens with one attached hydrogen (secondary N) is 1. The molecular weight excluding hydrogens is 377 g/mol. The third kappa shape index (κ3) is 5.06. The van der Waals surface area contributed by atoms with Gasteiger partial charge in [0.2, 0.25) is 5.91 Å². The molecule has 0 spiro atoms. The minimum absolute atomic E-state index is 0.0513. The summed E-state index contributed by atoms with van der Waals surface area (Å²) in [6.07, 6.45) is 1.59. The number of amides is 1. The highest BCUT2D eigenvalue weighted by Crippen LogP contribution is 2.38. The van der Waals surface area contributed by atoms with Crippen molar-refractivity contribution in [2.24, 2.45) is 0 Å². The summed E-state index contributed by atoms with van der Waals surface area (Å²) in [6, 6.07) is 9.18. The second-order valence-corrected chi connectivity index (χ2v) is 7.98. The molecule has 134 valence electrons. The van der Waals surface area contributed by atoms with Crippen molar-refractivity contribution in [3.63, 3.8) is 0 Å². The van der Waals surface area contributed by atoms with Gasteiger partial charge < -0.3 is 10.4 Å². The molecule has 2 aromatic carbocycles. The zero-order valence-electron chi connectivity index (χ0n) is 14.4. The predicted octanol–water partition coefficient (Wildman–Crippen LogP) is 6.22. The number of halogens is 2. The molecule has 2 rings (SSSR count). The Morgan fingerprint density at radius 3 is 2.28 bits per heavy atom. The third-order valence-electron chi connectivity index (χ3n) is 3.84. The van der Waals surface area contributed by atoms with Gasteiger partial charge in [-0.2, -0.15) is 0 Å². The van der Waals surface area contributed by atoms with Gasteiger partial charge in [-0.3, -0.25) is 4.79 Å². The van der Waals surface area contributed by atoms with Crippen LogP contribution >= 0.6 is 35.0 Å². The number of aryl methyl sites for hydroxylation is 2. The van der Waals surface area contributed by atoms with Crippen molar-refractivity contribution in [1.29, 1.82) is 0 Å². The monoisotopic (exact) mass is 397 g/mol. The summed E-state index contributed by atoms with van der Waals surface area (Å²) in [6.45, 7) is 5.99. The molecule has 0 bridgehead atoms. The minimum Gasteiger partial charge on any atom is -0.505 e. The van der Waals surface area contributed by atoms with Gasteiger partial charge in [-0.1, -0.05) is 54.7 Å². The fourth-order valence-electron chi connectivity index (χ4n) is 2.50. The molecule has 0 aromatic heterocycles. The van der Waals surface area contributed by atoms with Gasteiger partial charge >= 0.3 is 0 Å². The summed E-state index contributed by atoms with van der Waals surface area (Å²) in [4.78, 5) is 13.6. The lowest BCUT2D eigenvalue weighted by Crippen LogP contribution is -2.25. The van der Waals surface area contributed by atoms with Gasteiger partial charge in [-0.05, 0) is 43.5 Å². The highest BCUT2D eigenvalue weighted by molar-refractivity contribution is 8.00. The number of thioether (sulfide) groups is 1. The second-order valence-electron chi connectivity index (χ2n) is 5.89. The van der Waals surface area contributed by atoms with Crippen molar-refractivity contribution in [3.05, 3.63) is 51.5 Å². The molecule has 2 N–H and O–H groups in total. The molecule has 0 aliphatic heterocycles. The molecule has 0 saturated carbocycles. The zero-order chi connectivity index (χ0) is 18.6. The fourth-order valence-corrected chi connectivity index (χ4v) is 4.33. The lowest BCUT2D eigenvalue weighted by molar-refractivity contribution is -0.115. The van der Waals surface area contributed by atoms with E-state index in [1.54, 1.807) is 12.1 Å². The SMILES string of the molecule is CCCC(Sc1cc(Cl)c(O)c(Cl)c1)C(=O)Nc1c(C)cccc1C. The standard InChI is InChI=1S/C19H21Cl2NO2S/c1-4-6-16(25-13-9-14(20)18(23)15(21)10-13)19(24)22-17-11(2)7-5-8-12(17)3/h5,7-10,16,23H,4,6H2,1-3H3,(H,22,24). The molecular formula is C19H21Cl2NO2S. The molecule has 0 radical (unpaired) electrons. The molecule has 0 saturated heterocycles. The van der Waals surface area contributed by atoms with Crippen LogP contribution in [0.4, 0.5) is 5.69 Å². The van der Waals surface area contributed by atoms with Crippen LogP contribution in [-0.4, -0.2) is 16.3 Å². The van der Waals surface area contributed by atoms with Gasteiger partial charge in [0.25, 0.3) is 0 Å². The lowest BCUT2D eigenvalue weighted by Gasteiger charge is -2.18. The number of hydrogen-bond acceptors (Lipinski definition) is 3. The van der Waals surface area contributed by atoms with Crippen LogP contribution in [0.3, 0.4) is 0 Å². The van der Waals surface area contributed by atoms with E-state index in [-0.39, 0.29) is 27.0 Å². The maximum Gasteiger partial charge on any atom is 0.237 e. The number of rotatable bonds is 6. The zero-order valence-corrected chi connectivity index (χ0v) is 16.7. The third-order valence-corrected chi connectivity index (χ3v) is 5.66. The van der Waals surface area contributed by atoms with Crippen molar-refractivity contribution in [2.45, 2.75) is 43.8 Å². The van der Waals surface area contributed by atoms with Crippen molar-refractivity contribution in [3.8, 4) is 5.75 Å². The molecule has 0 heterocycles. The molecule has 2 aromatic rings. The molecule has 0 aliphatic rings. The van der Waals surface area contributed by atoms with E-state index in [2.05, 4.69) is 5.32 Å². The van der Waals surface area contributed by atoms with E-state index in [9.17, 15) is 9.90 Å². The van der Waals surface area contributed by atoms with Crippen LogP contribution in [0.25, 0.3) is 0 Å². The molecule has 1 atom stereocenters. The summed E-state index contributed by atoms with van der Waals surface area (Å²) in [7, 11) is 0. The van der Waals surface area contributed by atoms with Crippen LogP contribution in [0.2, 0.25) is 10.0 Å². The summed E-state index contributed by atoms with van der Waals surface area (Å²) < 4.78 is 0. The van der Waals surface area contributed by atoms with Gasteiger partial charge in [0, 0.05) is 10.6 Å². The molecule has 1 amide bonds. The Morgan fingerprint density at radius 2 is 1.76 bits per heavy atom. The van der Waals surface area contributed by atoms with Crippen molar-refractivity contribution in [1.82, 2.24) is 0 Å². The molecule has 6 heteroatoms. The summed E-state index contributed by atoms with van der Waals surface area (Å²) in [5.74, 6) is -0.190. The van der Waals surface area contributed by atoms with Crippen LogP contribution in [0.5, 0.6) is 5.75 Å². The number of hydrogen-bond donors (Lipinski definition) is 2. The number of anilines is 1. The van der Waals surface area contributed by atoms with Gasteiger partial charge in [-0.25, -0.2) is 0 Å². The number of para-hydroxylation sites is 1. The average molecular weight is 398 g/mol. The lowest BCUT2D eigenvalue weighted by atomic mass is 10.1. The Morgan fingerprint density at radius 1 is 1.20 bits per heavy atom. The predicted molar refractivity (Wildman–Crippen MR) is 107 cm³/mol. The van der Waals surface area contributed by atoms with Gasteiger partial charge in [-0.15, -0.1) is 11.8 Å². The largest absolute Gasteiger partial charge is 0.505 e. The van der Waals surface area contributed by atoms with Crippen molar-refractivity contribution < 1.29 is 9.90 Å². The highest BCUT2D eigenvalue weighted by Gasteiger charge is 2.21. The summed E-state index contributed by atoms with van der Waals surface area (Å²) >= 11 is 13.4. The average Bonchev–Trinajstić information content (AvgIpc) is 2.55. The quantitative estimate of drug-likeness (QED) is 0.569. The maximum atomic E-state index is 12.8. The first kappa shape index (κ1) is 20.0. The first-order valence-corrected chi connectivity index (χ1v) is 9.68. The normalized spacial score (nSPS) is 12.0. The topological polar surface area (TPSA) is 49.3 Å². The molecule has 25 heavy (non-hydrogen) atoms.